The van der Waals surface area contributed by atoms with E-state index in [1.165, 1.54) is 25.9 Å². The van der Waals surface area contributed by atoms with Crippen molar-refractivity contribution in [2.24, 2.45) is 5.73 Å². The fourth-order valence-electron chi connectivity index (χ4n) is 1.10. The largest absolute Gasteiger partial charge is 0.329 e. The zero-order valence-corrected chi connectivity index (χ0v) is 5.77. The van der Waals surface area contributed by atoms with Crippen LogP contribution in [-0.2, 0) is 0 Å². The summed E-state index contributed by atoms with van der Waals surface area (Å²) >= 11 is 0. The molecular weight excluding hydrogens is 114 g/mol. The minimum atomic E-state index is 0.733. The van der Waals surface area contributed by atoms with Crippen molar-refractivity contribution in [3.05, 3.63) is 0 Å². The third-order valence-corrected chi connectivity index (χ3v) is 1.59. The fraction of sp³-hybridized carbons (Fsp3) is 1.00. The molecule has 1 saturated heterocycles. The highest BCUT2D eigenvalue weighted by Gasteiger charge is 2.08. The van der Waals surface area contributed by atoms with Gasteiger partial charge in [-0.15, -0.1) is 0 Å². The van der Waals surface area contributed by atoms with Crippen molar-refractivity contribution in [2.45, 2.75) is 12.8 Å². The molecule has 0 amide bonds. The van der Waals surface area contributed by atoms with Crippen molar-refractivity contribution in [3.8, 4) is 0 Å². The summed E-state index contributed by atoms with van der Waals surface area (Å²) in [5, 5.41) is 2.24. The minimum Gasteiger partial charge on any atom is -0.329 e. The average molecular weight is 129 g/mol. The van der Waals surface area contributed by atoms with E-state index in [0.29, 0.717) is 0 Å². The molecule has 1 aliphatic heterocycles. The summed E-state index contributed by atoms with van der Waals surface area (Å²) in [5.41, 5.74) is 8.56. The van der Waals surface area contributed by atoms with E-state index in [0.717, 1.165) is 13.1 Å². The molecule has 0 aromatic carbocycles. The molecule has 1 aliphatic rings. The van der Waals surface area contributed by atoms with Gasteiger partial charge in [0.15, 0.2) is 0 Å². The number of hydrogen-bond acceptors (Lipinski definition) is 3. The first-order valence-corrected chi connectivity index (χ1v) is 3.62. The molecule has 9 heavy (non-hydrogen) atoms. The SMILES string of the molecule is NCCNN1CCCC1. The van der Waals surface area contributed by atoms with Gasteiger partial charge in [-0.1, -0.05) is 0 Å². The Morgan fingerprint density at radius 1 is 1.33 bits per heavy atom. The second-order valence-corrected chi connectivity index (χ2v) is 2.39. The van der Waals surface area contributed by atoms with Crippen molar-refractivity contribution in [3.63, 3.8) is 0 Å². The number of hydrazine groups is 1. The molecule has 0 unspecified atom stereocenters. The molecule has 3 nitrogen and oxygen atoms in total. The first-order chi connectivity index (χ1) is 4.43. The van der Waals surface area contributed by atoms with E-state index in [2.05, 4.69) is 10.4 Å². The lowest BCUT2D eigenvalue weighted by Gasteiger charge is -2.14. The lowest BCUT2D eigenvalue weighted by atomic mass is 10.4. The van der Waals surface area contributed by atoms with Crippen LogP contribution in [0.3, 0.4) is 0 Å². The molecule has 1 rings (SSSR count). The maximum atomic E-state index is 5.32. The van der Waals surface area contributed by atoms with Gasteiger partial charge in [0, 0.05) is 26.2 Å². The summed E-state index contributed by atoms with van der Waals surface area (Å²) in [6.07, 6.45) is 2.66. The zero-order chi connectivity index (χ0) is 6.53. The zero-order valence-electron chi connectivity index (χ0n) is 5.77. The summed E-state index contributed by atoms with van der Waals surface area (Å²) < 4.78 is 0. The Labute approximate surface area is 56.2 Å². The molecule has 0 atom stereocenters. The third-order valence-electron chi connectivity index (χ3n) is 1.59. The molecule has 1 heterocycles. The van der Waals surface area contributed by atoms with Crippen LogP contribution in [0.4, 0.5) is 0 Å². The molecule has 0 aliphatic carbocycles. The number of nitrogens with one attached hydrogen (secondary N) is 1. The van der Waals surface area contributed by atoms with Gasteiger partial charge in [-0.05, 0) is 12.8 Å². The first-order valence-electron chi connectivity index (χ1n) is 3.62. The van der Waals surface area contributed by atoms with Crippen molar-refractivity contribution in [1.29, 1.82) is 0 Å². The van der Waals surface area contributed by atoms with Gasteiger partial charge in [-0.3, -0.25) is 5.43 Å². The van der Waals surface area contributed by atoms with Crippen LogP contribution in [0.25, 0.3) is 0 Å². The second-order valence-electron chi connectivity index (χ2n) is 2.39. The van der Waals surface area contributed by atoms with E-state index < -0.39 is 0 Å². The quantitative estimate of drug-likeness (QED) is 0.542. The molecule has 0 saturated carbocycles. The van der Waals surface area contributed by atoms with Crippen LogP contribution in [0.1, 0.15) is 12.8 Å². The normalized spacial score (nSPS) is 21.0. The van der Waals surface area contributed by atoms with E-state index in [1.807, 2.05) is 0 Å². The molecule has 0 radical (unpaired) electrons. The van der Waals surface area contributed by atoms with Gasteiger partial charge in [-0.2, -0.15) is 0 Å². The molecule has 0 aromatic heterocycles. The Hall–Kier alpha value is -0.120. The monoisotopic (exact) mass is 129 g/mol. The summed E-state index contributed by atoms with van der Waals surface area (Å²) in [7, 11) is 0. The van der Waals surface area contributed by atoms with E-state index in [9.17, 15) is 0 Å². The van der Waals surface area contributed by atoms with Crippen LogP contribution in [0.5, 0.6) is 0 Å². The fourth-order valence-corrected chi connectivity index (χ4v) is 1.10. The summed E-state index contributed by atoms with van der Waals surface area (Å²) in [5.74, 6) is 0. The Morgan fingerprint density at radius 3 is 2.56 bits per heavy atom. The van der Waals surface area contributed by atoms with Crippen LogP contribution in [0.2, 0.25) is 0 Å². The highest BCUT2D eigenvalue weighted by Crippen LogP contribution is 2.02. The van der Waals surface area contributed by atoms with Crippen molar-refractivity contribution in [2.75, 3.05) is 26.2 Å². The van der Waals surface area contributed by atoms with Gasteiger partial charge in [0.05, 0.1) is 0 Å². The number of nitrogens with two attached hydrogens (primary N) is 1. The standard InChI is InChI=1S/C6H15N3/c7-3-4-8-9-5-1-2-6-9/h8H,1-7H2. The van der Waals surface area contributed by atoms with Crippen LogP contribution >= 0.6 is 0 Å². The molecular formula is C6H15N3. The molecule has 54 valence electrons. The van der Waals surface area contributed by atoms with Gasteiger partial charge >= 0.3 is 0 Å². The Kier molecular flexibility index (Phi) is 2.97. The molecule has 1 fully saturated rings. The summed E-state index contributed by atoms with van der Waals surface area (Å²) in [6.45, 7) is 4.04. The predicted octanol–water partition coefficient (Wildman–Crippen LogP) is -0.455. The van der Waals surface area contributed by atoms with Gasteiger partial charge in [0.2, 0.25) is 0 Å². The molecule has 3 N–H and O–H groups in total. The lowest BCUT2D eigenvalue weighted by Crippen LogP contribution is -2.38. The van der Waals surface area contributed by atoms with E-state index in [-0.39, 0.29) is 0 Å². The Balaban J connectivity index is 1.98. The summed E-state index contributed by atoms with van der Waals surface area (Å²) in [6, 6.07) is 0. The molecule has 0 bridgehead atoms. The topological polar surface area (TPSA) is 41.3 Å². The van der Waals surface area contributed by atoms with Crippen LogP contribution in [-0.4, -0.2) is 31.2 Å². The third kappa shape index (κ3) is 2.30. The van der Waals surface area contributed by atoms with Crippen LogP contribution in [0, 0.1) is 0 Å². The van der Waals surface area contributed by atoms with Gasteiger partial charge in [0.25, 0.3) is 0 Å². The Morgan fingerprint density at radius 2 is 2.00 bits per heavy atom. The molecule has 0 spiro atoms. The van der Waals surface area contributed by atoms with Gasteiger partial charge < -0.3 is 5.73 Å². The second kappa shape index (κ2) is 3.82. The van der Waals surface area contributed by atoms with Crippen molar-refractivity contribution < 1.29 is 0 Å². The predicted molar refractivity (Wildman–Crippen MR) is 37.9 cm³/mol. The number of nitrogens with zero attached hydrogens (tertiary/aromatic N) is 1. The van der Waals surface area contributed by atoms with Gasteiger partial charge in [0.1, 0.15) is 0 Å². The smallest absolute Gasteiger partial charge is 0.0225 e. The van der Waals surface area contributed by atoms with Crippen LogP contribution < -0.4 is 11.2 Å². The van der Waals surface area contributed by atoms with Gasteiger partial charge in [-0.25, -0.2) is 5.01 Å². The molecule has 0 aromatic rings. The maximum absolute atomic E-state index is 5.32. The Bertz CT molecular complexity index is 68.7. The van der Waals surface area contributed by atoms with E-state index >= 15 is 0 Å². The minimum absolute atomic E-state index is 0.733. The molecule has 3 heteroatoms. The van der Waals surface area contributed by atoms with Crippen molar-refractivity contribution >= 4 is 0 Å². The first kappa shape index (κ1) is 6.99. The number of hydrogen-bond donors (Lipinski definition) is 2. The highest BCUT2D eigenvalue weighted by atomic mass is 15.5. The summed E-state index contributed by atoms with van der Waals surface area (Å²) in [4.78, 5) is 0. The average Bonchev–Trinajstić information content (AvgIpc) is 2.34. The van der Waals surface area contributed by atoms with Crippen LogP contribution in [0.15, 0.2) is 0 Å². The highest BCUT2D eigenvalue weighted by molar-refractivity contribution is 4.61. The van der Waals surface area contributed by atoms with E-state index in [4.69, 9.17) is 5.73 Å². The van der Waals surface area contributed by atoms with Crippen molar-refractivity contribution in [1.82, 2.24) is 10.4 Å². The maximum Gasteiger partial charge on any atom is 0.0225 e. The number of rotatable bonds is 3. The lowest BCUT2D eigenvalue weighted by molar-refractivity contribution is 0.239. The van der Waals surface area contributed by atoms with E-state index in [1.54, 1.807) is 0 Å².